The summed E-state index contributed by atoms with van der Waals surface area (Å²) in [4.78, 5) is 11.4. The summed E-state index contributed by atoms with van der Waals surface area (Å²) in [5.41, 5.74) is 3.07. The fourth-order valence-corrected chi connectivity index (χ4v) is 1.39. The first kappa shape index (κ1) is 11.4. The Morgan fingerprint density at radius 3 is 2.82 bits per heavy atom. The van der Waals surface area contributed by atoms with E-state index in [-0.39, 0.29) is 5.76 Å². The molecule has 2 aromatic rings. The Morgan fingerprint density at radius 1 is 1.29 bits per heavy atom. The number of hydrazone groups is 1. The van der Waals surface area contributed by atoms with Gasteiger partial charge in [0.2, 0.25) is 0 Å². The number of halogens is 1. The van der Waals surface area contributed by atoms with E-state index in [1.165, 1.54) is 12.5 Å². The molecule has 0 radical (unpaired) electrons. The van der Waals surface area contributed by atoms with Crippen LogP contribution >= 0.6 is 11.6 Å². The minimum Gasteiger partial charge on any atom is -0.459 e. The molecular formula is C12H9ClN2O2. The summed E-state index contributed by atoms with van der Waals surface area (Å²) >= 11 is 5.92. The van der Waals surface area contributed by atoms with Gasteiger partial charge in [-0.25, -0.2) is 5.43 Å². The number of rotatable bonds is 3. The zero-order valence-corrected chi connectivity index (χ0v) is 9.52. The molecule has 5 heteroatoms. The minimum atomic E-state index is -0.404. The number of hydrogen-bond donors (Lipinski definition) is 1. The molecule has 0 aliphatic rings. The summed E-state index contributed by atoms with van der Waals surface area (Å²) in [6, 6.07) is 10.4. The van der Waals surface area contributed by atoms with Gasteiger partial charge in [-0.1, -0.05) is 29.8 Å². The first-order valence-electron chi connectivity index (χ1n) is 4.89. The van der Waals surface area contributed by atoms with Gasteiger partial charge in [-0.05, 0) is 18.2 Å². The molecule has 1 N–H and O–H groups in total. The molecule has 0 atom stereocenters. The topological polar surface area (TPSA) is 54.6 Å². The summed E-state index contributed by atoms with van der Waals surface area (Å²) in [5, 5.41) is 4.36. The second kappa shape index (κ2) is 5.32. The molecule has 4 nitrogen and oxygen atoms in total. The lowest BCUT2D eigenvalue weighted by molar-refractivity contribution is 0.0927. The minimum absolute atomic E-state index is 0.210. The van der Waals surface area contributed by atoms with Gasteiger partial charge in [0.05, 0.1) is 12.5 Å². The summed E-state index contributed by atoms with van der Waals surface area (Å²) in [7, 11) is 0. The molecule has 0 bridgehead atoms. The van der Waals surface area contributed by atoms with Crippen LogP contribution in [0.4, 0.5) is 0 Å². The number of benzene rings is 1. The van der Waals surface area contributed by atoms with Crippen molar-refractivity contribution in [3.05, 3.63) is 59.0 Å². The van der Waals surface area contributed by atoms with Crippen LogP contribution in [0.1, 0.15) is 16.1 Å². The van der Waals surface area contributed by atoms with Gasteiger partial charge in [-0.2, -0.15) is 5.10 Å². The predicted molar refractivity (Wildman–Crippen MR) is 65.2 cm³/mol. The van der Waals surface area contributed by atoms with E-state index in [1.807, 2.05) is 12.1 Å². The molecule has 0 aliphatic carbocycles. The van der Waals surface area contributed by atoms with E-state index in [0.717, 1.165) is 5.56 Å². The lowest BCUT2D eigenvalue weighted by atomic mass is 10.2. The van der Waals surface area contributed by atoms with Crippen LogP contribution in [-0.2, 0) is 0 Å². The molecule has 0 fully saturated rings. The van der Waals surface area contributed by atoms with Gasteiger partial charge in [0, 0.05) is 10.6 Å². The molecule has 1 aromatic carbocycles. The van der Waals surface area contributed by atoms with Crippen molar-refractivity contribution in [3.8, 4) is 0 Å². The van der Waals surface area contributed by atoms with Crippen LogP contribution < -0.4 is 5.43 Å². The third kappa shape index (κ3) is 2.95. The summed E-state index contributed by atoms with van der Waals surface area (Å²) in [6.07, 6.45) is 2.90. The summed E-state index contributed by atoms with van der Waals surface area (Å²) in [6.45, 7) is 0. The van der Waals surface area contributed by atoms with Crippen molar-refractivity contribution in [3.63, 3.8) is 0 Å². The average Bonchev–Trinajstić information content (AvgIpc) is 2.85. The van der Waals surface area contributed by atoms with Gasteiger partial charge in [-0.3, -0.25) is 4.79 Å². The van der Waals surface area contributed by atoms with Crippen LogP contribution in [0.2, 0.25) is 5.02 Å². The fraction of sp³-hybridized carbons (Fsp3) is 0. The molecule has 0 saturated heterocycles. The van der Waals surface area contributed by atoms with Crippen LogP contribution in [0.5, 0.6) is 0 Å². The van der Waals surface area contributed by atoms with Crippen molar-refractivity contribution in [1.82, 2.24) is 5.43 Å². The van der Waals surface area contributed by atoms with E-state index in [1.54, 1.807) is 24.3 Å². The van der Waals surface area contributed by atoms with Gasteiger partial charge >= 0.3 is 5.91 Å². The van der Waals surface area contributed by atoms with Crippen LogP contribution in [-0.4, -0.2) is 12.1 Å². The average molecular weight is 249 g/mol. The first-order valence-corrected chi connectivity index (χ1v) is 5.26. The van der Waals surface area contributed by atoms with Crippen LogP contribution in [0, 0.1) is 0 Å². The standard InChI is InChI=1S/C12H9ClN2O2/c13-10-5-2-1-4-9(10)8-14-15-12(16)11-6-3-7-17-11/h1-8H,(H,15,16)/b14-8-. The van der Waals surface area contributed by atoms with Gasteiger partial charge in [0.25, 0.3) is 0 Å². The second-order valence-electron chi connectivity index (χ2n) is 3.20. The van der Waals surface area contributed by atoms with Crippen LogP contribution in [0.25, 0.3) is 0 Å². The van der Waals surface area contributed by atoms with Crippen LogP contribution in [0.3, 0.4) is 0 Å². The normalized spacial score (nSPS) is 10.6. The molecule has 2 rings (SSSR count). The largest absolute Gasteiger partial charge is 0.459 e. The number of nitrogens with zero attached hydrogens (tertiary/aromatic N) is 1. The van der Waals surface area contributed by atoms with Crippen molar-refractivity contribution in [2.24, 2.45) is 5.10 Å². The maximum Gasteiger partial charge on any atom is 0.307 e. The van der Waals surface area contributed by atoms with Crippen molar-refractivity contribution >= 4 is 23.7 Å². The lowest BCUT2D eigenvalue weighted by Gasteiger charge is -1.97. The molecule has 17 heavy (non-hydrogen) atoms. The Morgan fingerprint density at radius 2 is 2.12 bits per heavy atom. The zero-order valence-electron chi connectivity index (χ0n) is 8.76. The van der Waals surface area contributed by atoms with Crippen molar-refractivity contribution < 1.29 is 9.21 Å². The Bertz CT molecular complexity index is 535. The van der Waals surface area contributed by atoms with Crippen molar-refractivity contribution in [2.45, 2.75) is 0 Å². The van der Waals surface area contributed by atoms with E-state index in [4.69, 9.17) is 16.0 Å². The lowest BCUT2D eigenvalue weighted by Crippen LogP contribution is -2.16. The van der Waals surface area contributed by atoms with E-state index in [2.05, 4.69) is 10.5 Å². The third-order valence-corrected chi connectivity index (χ3v) is 2.36. The Balaban J connectivity index is 1.99. The van der Waals surface area contributed by atoms with Crippen molar-refractivity contribution in [2.75, 3.05) is 0 Å². The smallest absolute Gasteiger partial charge is 0.307 e. The Hall–Kier alpha value is -2.07. The summed E-state index contributed by atoms with van der Waals surface area (Å²) < 4.78 is 4.91. The first-order chi connectivity index (χ1) is 8.27. The van der Waals surface area contributed by atoms with Gasteiger partial charge in [-0.15, -0.1) is 0 Å². The zero-order chi connectivity index (χ0) is 12.1. The highest BCUT2D eigenvalue weighted by molar-refractivity contribution is 6.33. The maximum absolute atomic E-state index is 11.4. The molecule has 0 unspecified atom stereocenters. The molecule has 1 aromatic heterocycles. The molecular weight excluding hydrogens is 240 g/mol. The summed E-state index contributed by atoms with van der Waals surface area (Å²) in [5.74, 6) is -0.195. The Kier molecular flexibility index (Phi) is 3.57. The van der Waals surface area contributed by atoms with E-state index in [0.29, 0.717) is 5.02 Å². The number of hydrogen-bond acceptors (Lipinski definition) is 3. The molecule has 86 valence electrons. The van der Waals surface area contributed by atoms with Gasteiger partial charge in [0.1, 0.15) is 0 Å². The number of nitrogens with one attached hydrogen (secondary N) is 1. The Labute approximate surface area is 103 Å². The van der Waals surface area contributed by atoms with Gasteiger partial charge < -0.3 is 4.42 Å². The predicted octanol–water partition coefficient (Wildman–Crippen LogP) is 2.70. The molecule has 1 heterocycles. The second-order valence-corrected chi connectivity index (χ2v) is 3.61. The third-order valence-electron chi connectivity index (χ3n) is 2.02. The number of amides is 1. The highest BCUT2D eigenvalue weighted by Gasteiger charge is 2.05. The number of furan rings is 1. The molecule has 0 spiro atoms. The molecule has 1 amide bonds. The SMILES string of the molecule is O=C(N/N=C\c1ccccc1Cl)c1ccco1. The highest BCUT2D eigenvalue weighted by atomic mass is 35.5. The number of carbonyl (C=O) groups excluding carboxylic acids is 1. The van der Waals surface area contributed by atoms with Crippen molar-refractivity contribution in [1.29, 1.82) is 0 Å². The number of carbonyl (C=O) groups is 1. The van der Waals surface area contributed by atoms with E-state index < -0.39 is 5.91 Å². The van der Waals surface area contributed by atoms with Gasteiger partial charge in [0.15, 0.2) is 5.76 Å². The highest BCUT2D eigenvalue weighted by Crippen LogP contribution is 2.12. The molecule has 0 saturated carbocycles. The maximum atomic E-state index is 11.4. The molecule has 0 aliphatic heterocycles. The fourth-order valence-electron chi connectivity index (χ4n) is 1.20. The monoisotopic (exact) mass is 248 g/mol. The van der Waals surface area contributed by atoms with E-state index >= 15 is 0 Å². The van der Waals surface area contributed by atoms with E-state index in [9.17, 15) is 4.79 Å². The van der Waals surface area contributed by atoms with Crippen LogP contribution in [0.15, 0.2) is 52.2 Å². The quantitative estimate of drug-likeness (QED) is 0.671.